The summed E-state index contributed by atoms with van der Waals surface area (Å²) in [5.41, 5.74) is 8.77. The second-order valence-corrected chi connectivity index (χ2v) is 13.6. The van der Waals surface area contributed by atoms with Crippen molar-refractivity contribution in [2.45, 2.75) is 0 Å². The average molecular weight is 725 g/mol. The summed E-state index contributed by atoms with van der Waals surface area (Å²) >= 11 is 11.5. The lowest BCUT2D eigenvalue weighted by molar-refractivity contribution is 0.101. The minimum absolute atomic E-state index is 0.000177. The first-order valence-corrected chi connectivity index (χ1v) is 16.8. The zero-order valence-electron chi connectivity index (χ0n) is 25.1. The molecule has 4 aromatic rings. The van der Waals surface area contributed by atoms with Crippen LogP contribution in [0.4, 0.5) is 0 Å². The van der Waals surface area contributed by atoms with Crippen LogP contribution in [-0.2, 0) is 12.4 Å². The Bertz CT molecular complexity index is 2820. The minimum Gasteiger partial charge on any atom is -0.396 e. The number of ketones is 4. The lowest BCUT2D eigenvalue weighted by Gasteiger charge is -2.20. The van der Waals surface area contributed by atoms with Crippen LogP contribution in [0, 0.1) is 28.1 Å². The summed E-state index contributed by atoms with van der Waals surface area (Å²) in [6.07, 6.45) is 3.25. The number of carbonyl (C=O) groups is 4. The summed E-state index contributed by atoms with van der Waals surface area (Å²) in [6, 6.07) is 19.4. The molecule has 0 saturated carbocycles. The van der Waals surface area contributed by atoms with E-state index in [4.69, 9.17) is 23.6 Å². The van der Waals surface area contributed by atoms with Crippen molar-refractivity contribution in [2.75, 3.05) is 0 Å². The van der Waals surface area contributed by atoms with Gasteiger partial charge in [-0.15, -0.1) is 22.7 Å². The van der Waals surface area contributed by atoms with E-state index in [1.807, 2.05) is 12.1 Å². The first kappa shape index (κ1) is 32.5. The minimum atomic E-state index is -0.465. The van der Waals surface area contributed by atoms with E-state index in [0.717, 1.165) is 22.7 Å². The first-order chi connectivity index (χ1) is 24.1. The number of nitrogens with zero attached hydrogens (tertiary/aromatic N) is 4. The van der Waals surface area contributed by atoms with Crippen molar-refractivity contribution in [2.24, 2.45) is 14.5 Å². The molecule has 0 aliphatic heterocycles. The molecule has 14 heteroatoms. The molecular formula is C36H16N6O4S4. The van der Waals surface area contributed by atoms with Gasteiger partial charge in [0.05, 0.1) is 45.8 Å². The second kappa shape index (κ2) is 12.5. The highest BCUT2D eigenvalue weighted by Gasteiger charge is 2.35. The molecule has 238 valence electrons. The van der Waals surface area contributed by atoms with Gasteiger partial charge in [0.15, 0.2) is 23.1 Å². The third kappa shape index (κ3) is 5.06. The molecule has 7 rings (SSSR count). The number of allylic oxidation sites excluding steroid dienone is 2. The van der Waals surface area contributed by atoms with Crippen molar-refractivity contribution in [3.8, 4) is 12.1 Å². The van der Waals surface area contributed by atoms with Gasteiger partial charge in [0.25, 0.3) is 0 Å². The number of fused-ring (bicyclic) bond motifs is 2. The molecule has 3 N–H and O–H groups in total. The van der Waals surface area contributed by atoms with Gasteiger partial charge in [0.2, 0.25) is 0 Å². The highest BCUT2D eigenvalue weighted by molar-refractivity contribution is 7.79. The normalized spacial score (nSPS) is 19.4. The van der Waals surface area contributed by atoms with Gasteiger partial charge < -0.3 is 5.73 Å². The average Bonchev–Trinajstić information content (AvgIpc) is 3.89. The van der Waals surface area contributed by atoms with E-state index in [1.54, 1.807) is 36.4 Å². The molecule has 0 bridgehead atoms. The zero-order valence-corrected chi connectivity index (χ0v) is 28.4. The van der Waals surface area contributed by atoms with Crippen LogP contribution < -0.4 is 23.9 Å². The maximum atomic E-state index is 13.2. The van der Waals surface area contributed by atoms with Crippen LogP contribution in [-0.4, -0.2) is 34.6 Å². The van der Waals surface area contributed by atoms with Gasteiger partial charge in [-0.3, -0.25) is 24.6 Å². The Morgan fingerprint density at radius 2 is 1.18 bits per heavy atom. The van der Waals surface area contributed by atoms with Crippen LogP contribution in [0.25, 0.3) is 23.3 Å². The number of hydrogen-bond acceptors (Lipinski definition) is 14. The van der Waals surface area contributed by atoms with Crippen molar-refractivity contribution in [1.82, 2.24) is 0 Å². The molecule has 0 radical (unpaired) electrons. The lowest BCUT2D eigenvalue weighted by Crippen LogP contribution is -2.27. The third-order valence-corrected chi connectivity index (χ3v) is 10.7. The molecule has 2 aromatic carbocycles. The van der Waals surface area contributed by atoms with Gasteiger partial charge >= 0.3 is 0 Å². The van der Waals surface area contributed by atoms with Crippen LogP contribution >= 0.6 is 35.5 Å². The third-order valence-electron chi connectivity index (χ3n) is 8.26. The van der Waals surface area contributed by atoms with Crippen molar-refractivity contribution >= 4 is 106 Å². The molecule has 0 spiro atoms. The summed E-state index contributed by atoms with van der Waals surface area (Å²) in [5, 5.41) is 27.5. The largest absolute Gasteiger partial charge is 0.396 e. The standard InChI is InChI=1S/C36H16N6O4S4/c37-13-15-1-5-19-21(9-15)35(45)27(33(19)43)25-7-3-17(49-25)11-23-29(39)32(42-48)24(30(40)31(23)41-47)12-18-4-8-26(50-18)28-34(44)20-6-2-16(14-38)10-22(20)36(28)46/h1-12,39,48H,40H2/b17-11+,18-12+,27-25-,28-26-,39-29?,42-32?. The fraction of sp³-hybridized carbons (Fsp3) is 0. The Labute approximate surface area is 300 Å². The molecule has 50 heavy (non-hydrogen) atoms. The molecule has 0 amide bonds. The van der Waals surface area contributed by atoms with Gasteiger partial charge in [0, 0.05) is 64.0 Å². The Balaban J connectivity index is 1.31. The zero-order chi connectivity index (χ0) is 35.4. The Morgan fingerprint density at radius 3 is 1.62 bits per heavy atom. The summed E-state index contributed by atoms with van der Waals surface area (Å²) < 4.78 is 9.99. The molecule has 2 heterocycles. The number of hydrogen-bond donors (Lipinski definition) is 3. The molecule has 0 saturated heterocycles. The summed E-state index contributed by atoms with van der Waals surface area (Å²) in [6.45, 7) is 0. The highest BCUT2D eigenvalue weighted by Crippen LogP contribution is 2.30. The van der Waals surface area contributed by atoms with Crippen molar-refractivity contribution in [3.05, 3.63) is 135 Å². The van der Waals surface area contributed by atoms with Crippen molar-refractivity contribution < 1.29 is 19.2 Å². The topological polar surface area (TPSA) is 190 Å². The van der Waals surface area contributed by atoms with Crippen LogP contribution in [0.15, 0.2) is 92.0 Å². The number of nitrogens with one attached hydrogen (secondary N) is 1. The number of nitrogens with two attached hydrogens (primary N) is 1. The van der Waals surface area contributed by atoms with E-state index in [9.17, 15) is 29.7 Å². The van der Waals surface area contributed by atoms with Crippen molar-refractivity contribution in [1.29, 1.82) is 15.9 Å². The van der Waals surface area contributed by atoms with Crippen LogP contribution in [0.5, 0.6) is 0 Å². The second-order valence-electron chi connectivity index (χ2n) is 11.0. The summed E-state index contributed by atoms with van der Waals surface area (Å²) in [5.74, 6) is -1.78. The van der Waals surface area contributed by atoms with Gasteiger partial charge in [-0.1, -0.05) is 0 Å². The van der Waals surface area contributed by atoms with Crippen LogP contribution in [0.2, 0.25) is 0 Å². The Hall–Kier alpha value is -6.03. The Kier molecular flexibility index (Phi) is 8.10. The molecule has 0 atom stereocenters. The Morgan fingerprint density at radius 1 is 0.720 bits per heavy atom. The van der Waals surface area contributed by atoms with Gasteiger partial charge in [0.1, 0.15) is 11.4 Å². The van der Waals surface area contributed by atoms with Gasteiger partial charge in [-0.2, -0.15) is 14.9 Å². The maximum Gasteiger partial charge on any atom is 0.199 e. The van der Waals surface area contributed by atoms with E-state index >= 15 is 0 Å². The first-order valence-electron chi connectivity index (χ1n) is 14.4. The van der Waals surface area contributed by atoms with E-state index in [0.29, 0.717) is 23.7 Å². The molecular weight excluding hydrogens is 709 g/mol. The number of benzene rings is 2. The number of Topliss-reactive ketones (excluding diaryl/α,β-unsaturated/α-hetero) is 4. The molecule has 0 fully saturated rings. The fourth-order valence-corrected chi connectivity index (χ4v) is 8.26. The van der Waals surface area contributed by atoms with E-state index in [2.05, 4.69) is 21.6 Å². The summed E-state index contributed by atoms with van der Waals surface area (Å²) in [4.78, 5) is 52.6. The molecule has 2 aromatic heterocycles. The predicted octanol–water partition coefficient (Wildman–Crippen LogP) is 2.79. The fourth-order valence-electron chi connectivity index (χ4n) is 5.88. The van der Waals surface area contributed by atoms with E-state index in [1.165, 1.54) is 36.4 Å². The molecule has 0 unspecified atom stereocenters. The number of carbonyl (C=O) groups excluding carboxylic acids is 4. The van der Waals surface area contributed by atoms with Gasteiger partial charge in [-0.25, -0.2) is 4.40 Å². The predicted molar refractivity (Wildman–Crippen MR) is 195 cm³/mol. The lowest BCUT2D eigenvalue weighted by atomic mass is 9.89. The van der Waals surface area contributed by atoms with E-state index in [-0.39, 0.29) is 72.9 Å². The molecule has 10 nitrogen and oxygen atoms in total. The number of rotatable bonds is 3. The molecule has 3 aliphatic carbocycles. The quantitative estimate of drug-likeness (QED) is 0.212. The monoisotopic (exact) mass is 724 g/mol. The number of thiol groups is 1. The number of thiophene rings is 2. The highest BCUT2D eigenvalue weighted by atomic mass is 32.1. The van der Waals surface area contributed by atoms with Crippen LogP contribution in [0.3, 0.4) is 0 Å². The maximum absolute atomic E-state index is 13.2. The molecule has 3 aliphatic rings. The van der Waals surface area contributed by atoms with Gasteiger partial charge in [-0.05, 0) is 85.6 Å². The summed E-state index contributed by atoms with van der Waals surface area (Å²) in [7, 11) is 0. The number of nitriles is 2. The van der Waals surface area contributed by atoms with E-state index < -0.39 is 23.1 Å². The smallest absolute Gasteiger partial charge is 0.199 e. The van der Waals surface area contributed by atoms with Crippen molar-refractivity contribution in [3.63, 3.8) is 0 Å². The van der Waals surface area contributed by atoms with Crippen LogP contribution in [0.1, 0.15) is 52.6 Å². The SMILES string of the molecule is N#Cc1ccc2c(c1)C(=O)/C(=c1/cc/c(=C\C3=C(N)C(N=S)=C(/C=c4\cc/c(=C5\C(=O)c6ccc(C#N)cc6C5=O)s4)C(=N)C3=NS)s1)C2=O.